The van der Waals surface area contributed by atoms with E-state index in [0.29, 0.717) is 45.2 Å². The van der Waals surface area contributed by atoms with Gasteiger partial charge in [0.1, 0.15) is 0 Å². The summed E-state index contributed by atoms with van der Waals surface area (Å²) in [4.78, 5) is 0.166. The molecule has 11 heteroatoms. The molecule has 4 N–H and O–H groups in total. The standard InChI is InChI=1S/C10H27N5O5Si/c1-18-21(19-2,20-3)10-4-8-14(15(17)13-16)9-7-12-6-5-11/h12,16H,4-11H2,1-3H3. The molecule has 0 aliphatic rings. The topological polar surface area (TPSA) is 128 Å². The van der Waals surface area contributed by atoms with Gasteiger partial charge in [0.05, 0.1) is 18.1 Å². The summed E-state index contributed by atoms with van der Waals surface area (Å²) < 4.78 is 15.9. The molecule has 0 aromatic heterocycles. The van der Waals surface area contributed by atoms with Gasteiger partial charge in [0.15, 0.2) is 0 Å². The van der Waals surface area contributed by atoms with Crippen LogP contribution in [0.3, 0.4) is 0 Å². The van der Waals surface area contributed by atoms with E-state index >= 15 is 0 Å². The molecule has 0 fully saturated rings. The largest absolute Gasteiger partial charge is 0.569 e. The normalized spacial score (nSPS) is 12.7. The van der Waals surface area contributed by atoms with E-state index in [-0.39, 0.29) is 4.97 Å². The minimum Gasteiger partial charge on any atom is -0.569 e. The summed E-state index contributed by atoms with van der Waals surface area (Å²) in [6.07, 6.45) is 0.604. The molecule has 0 saturated carbocycles. The summed E-state index contributed by atoms with van der Waals surface area (Å²) in [5.41, 5.74) is 5.36. The molecule has 0 bridgehead atoms. The lowest BCUT2D eigenvalue weighted by Crippen LogP contribution is -2.44. The average molecular weight is 325 g/mol. The molecule has 21 heavy (non-hydrogen) atoms. The zero-order valence-electron chi connectivity index (χ0n) is 12.9. The highest BCUT2D eigenvalue weighted by Gasteiger charge is 2.37. The van der Waals surface area contributed by atoms with Crippen LogP contribution in [-0.4, -0.2) is 78.0 Å². The lowest BCUT2D eigenvalue weighted by Gasteiger charge is -2.25. The third kappa shape index (κ3) is 7.54. The fourth-order valence-corrected chi connectivity index (χ4v) is 3.51. The van der Waals surface area contributed by atoms with Crippen molar-refractivity contribution in [2.45, 2.75) is 12.5 Å². The number of nitrogens with zero attached hydrogens (tertiary/aromatic N) is 3. The van der Waals surface area contributed by atoms with Gasteiger partial charge in [-0.3, -0.25) is 0 Å². The number of hydrogen-bond donors (Lipinski definition) is 3. The smallest absolute Gasteiger partial charge is 0.500 e. The summed E-state index contributed by atoms with van der Waals surface area (Å²) in [7, 11) is 1.97. The van der Waals surface area contributed by atoms with E-state index in [4.69, 9.17) is 24.2 Å². The SMILES string of the molecule is CO[Si](CCCN(CCNCCN)[N+]([O-])=NO)(OC)OC. The molecular weight excluding hydrogens is 298 g/mol. The Kier molecular flexibility index (Phi) is 11.1. The number of hydrazine groups is 1. The maximum atomic E-state index is 11.4. The monoisotopic (exact) mass is 325 g/mol. The third-order valence-electron chi connectivity index (χ3n) is 3.02. The van der Waals surface area contributed by atoms with Gasteiger partial charge in [-0.1, -0.05) is 0 Å². The minimum absolute atomic E-state index is 0.166. The van der Waals surface area contributed by atoms with E-state index in [1.807, 2.05) is 0 Å². The van der Waals surface area contributed by atoms with E-state index in [9.17, 15) is 5.21 Å². The Morgan fingerprint density at radius 3 is 2.33 bits per heavy atom. The molecule has 0 heterocycles. The molecule has 0 aromatic carbocycles. The number of hydrogen-bond acceptors (Lipinski definition) is 7. The highest BCUT2D eigenvalue weighted by atomic mass is 28.4. The first-order valence-corrected chi connectivity index (χ1v) is 8.65. The van der Waals surface area contributed by atoms with Crippen LogP contribution in [0, 0.1) is 5.21 Å². The van der Waals surface area contributed by atoms with Crippen molar-refractivity contribution in [3.8, 4) is 0 Å². The second kappa shape index (κ2) is 11.7. The Balaban J connectivity index is 4.29. The first-order chi connectivity index (χ1) is 10.1. The van der Waals surface area contributed by atoms with E-state index in [1.54, 1.807) is 0 Å². The molecule has 0 aliphatic heterocycles. The van der Waals surface area contributed by atoms with Crippen molar-refractivity contribution in [1.29, 1.82) is 0 Å². The molecule has 0 spiro atoms. The van der Waals surface area contributed by atoms with Gasteiger partial charge in [0, 0.05) is 47.0 Å². The molecule has 0 unspecified atom stereocenters. The molecule has 0 atom stereocenters. The van der Waals surface area contributed by atoms with Crippen LogP contribution in [0.15, 0.2) is 5.28 Å². The first kappa shape index (κ1) is 20.0. The van der Waals surface area contributed by atoms with Gasteiger partial charge in [-0.2, -0.15) is 0 Å². The molecule has 0 saturated heterocycles. The van der Waals surface area contributed by atoms with E-state index in [2.05, 4.69) is 10.6 Å². The molecule has 0 aromatic rings. The average Bonchev–Trinajstić information content (AvgIpc) is 2.53. The molecule has 0 amide bonds. The Morgan fingerprint density at radius 2 is 1.86 bits per heavy atom. The molecule has 0 aliphatic carbocycles. The summed E-state index contributed by atoms with van der Waals surface area (Å²) in [5, 5.41) is 27.1. The fraction of sp³-hybridized carbons (Fsp3) is 1.00. The maximum absolute atomic E-state index is 11.4. The van der Waals surface area contributed by atoms with Crippen molar-refractivity contribution in [3.05, 3.63) is 5.21 Å². The van der Waals surface area contributed by atoms with Gasteiger partial charge >= 0.3 is 8.80 Å². The summed E-state index contributed by atoms with van der Waals surface area (Å²) in [6.45, 7) is 2.54. The van der Waals surface area contributed by atoms with Crippen LogP contribution in [0.2, 0.25) is 6.04 Å². The number of nitrogens with one attached hydrogen (secondary N) is 1. The van der Waals surface area contributed by atoms with Crippen LogP contribution in [0.25, 0.3) is 0 Å². The zero-order chi connectivity index (χ0) is 16.1. The second-order valence-corrected chi connectivity index (χ2v) is 7.32. The van der Waals surface area contributed by atoms with Crippen molar-refractivity contribution < 1.29 is 23.5 Å². The van der Waals surface area contributed by atoms with Gasteiger partial charge in [-0.05, 0) is 6.42 Å². The molecule has 10 nitrogen and oxygen atoms in total. The summed E-state index contributed by atoms with van der Waals surface area (Å²) >= 11 is 0. The Hall–Kier alpha value is -0.983. The Morgan fingerprint density at radius 1 is 1.24 bits per heavy atom. The number of nitrogens with two attached hydrogens (primary N) is 1. The summed E-state index contributed by atoms with van der Waals surface area (Å²) in [5.74, 6) is 0. The van der Waals surface area contributed by atoms with Gasteiger partial charge in [0.25, 0.3) is 0 Å². The van der Waals surface area contributed by atoms with Crippen LogP contribution in [0.5, 0.6) is 0 Å². The van der Waals surface area contributed by atoms with Crippen LogP contribution in [0.1, 0.15) is 6.42 Å². The fourth-order valence-electron chi connectivity index (χ4n) is 1.81. The van der Waals surface area contributed by atoms with Gasteiger partial charge in [-0.25, -0.2) is 0 Å². The Labute approximate surface area is 126 Å². The van der Waals surface area contributed by atoms with Crippen LogP contribution in [0.4, 0.5) is 0 Å². The van der Waals surface area contributed by atoms with E-state index < -0.39 is 8.80 Å². The summed E-state index contributed by atoms with van der Waals surface area (Å²) in [6, 6.07) is 0.558. The second-order valence-electron chi connectivity index (χ2n) is 4.23. The molecule has 0 radical (unpaired) electrons. The minimum atomic E-state index is -2.65. The van der Waals surface area contributed by atoms with Gasteiger partial charge < -0.3 is 34.7 Å². The van der Waals surface area contributed by atoms with Crippen molar-refractivity contribution in [3.63, 3.8) is 0 Å². The molecule has 0 rings (SSSR count). The molecular formula is C10H27N5O5Si. The highest BCUT2D eigenvalue weighted by Crippen LogP contribution is 2.15. The Bertz CT molecular complexity index is 285. The van der Waals surface area contributed by atoms with Gasteiger partial charge in [-0.15, -0.1) is 5.01 Å². The van der Waals surface area contributed by atoms with E-state index in [1.165, 1.54) is 26.3 Å². The van der Waals surface area contributed by atoms with Crippen LogP contribution >= 0.6 is 0 Å². The van der Waals surface area contributed by atoms with Crippen molar-refractivity contribution in [1.82, 2.24) is 10.3 Å². The highest BCUT2D eigenvalue weighted by molar-refractivity contribution is 6.60. The van der Waals surface area contributed by atoms with Gasteiger partial charge in [0.2, 0.25) is 5.28 Å². The first-order valence-electron chi connectivity index (χ1n) is 6.72. The maximum Gasteiger partial charge on any atom is 0.500 e. The third-order valence-corrected chi connectivity index (χ3v) is 5.85. The number of rotatable bonds is 13. The lowest BCUT2D eigenvalue weighted by molar-refractivity contribution is -0.709. The quantitative estimate of drug-likeness (QED) is 0.134. The van der Waals surface area contributed by atoms with Crippen LogP contribution in [-0.2, 0) is 13.3 Å². The zero-order valence-corrected chi connectivity index (χ0v) is 13.9. The molecule has 126 valence electrons. The van der Waals surface area contributed by atoms with E-state index in [0.717, 1.165) is 0 Å². The van der Waals surface area contributed by atoms with Crippen molar-refractivity contribution in [2.75, 3.05) is 54.1 Å². The predicted octanol–water partition coefficient (Wildman–Crippen LogP) is -0.628. The van der Waals surface area contributed by atoms with Crippen LogP contribution < -0.4 is 11.1 Å². The lowest BCUT2D eigenvalue weighted by atomic mass is 10.4. The van der Waals surface area contributed by atoms with Crippen molar-refractivity contribution >= 4 is 8.80 Å². The van der Waals surface area contributed by atoms with Crippen molar-refractivity contribution in [2.24, 2.45) is 11.0 Å². The predicted molar refractivity (Wildman–Crippen MR) is 77.5 cm³/mol.